The lowest BCUT2D eigenvalue weighted by Gasteiger charge is -2.32. The summed E-state index contributed by atoms with van der Waals surface area (Å²) in [5.74, 6) is -1.07. The second-order valence-corrected chi connectivity index (χ2v) is 4.61. The molecule has 0 bridgehead atoms. The van der Waals surface area contributed by atoms with E-state index in [0.717, 1.165) is 16.4 Å². The molecule has 1 aromatic rings. The van der Waals surface area contributed by atoms with E-state index >= 15 is 0 Å². The van der Waals surface area contributed by atoms with Crippen molar-refractivity contribution >= 4 is 34.6 Å². The molecule has 0 aliphatic carbocycles. The smallest absolute Gasteiger partial charge is 0.328 e. The van der Waals surface area contributed by atoms with E-state index < -0.39 is 23.9 Å². The van der Waals surface area contributed by atoms with Crippen LogP contribution in [0.1, 0.15) is 5.82 Å². The fraction of sp³-hybridized carbons (Fsp3) is 0.444. The summed E-state index contributed by atoms with van der Waals surface area (Å²) in [4.78, 5) is 39.1. The average Bonchev–Trinajstić information content (AvgIpc) is 2.74. The second-order valence-electron chi connectivity index (χ2n) is 3.86. The van der Waals surface area contributed by atoms with Crippen molar-refractivity contribution in [1.82, 2.24) is 19.6 Å². The van der Waals surface area contributed by atoms with Crippen molar-refractivity contribution < 1.29 is 19.5 Å². The van der Waals surface area contributed by atoms with E-state index in [9.17, 15) is 14.4 Å². The zero-order valence-electron chi connectivity index (χ0n) is 9.91. The van der Waals surface area contributed by atoms with Crippen molar-refractivity contribution in [2.75, 3.05) is 18.4 Å². The minimum absolute atomic E-state index is 0.114. The summed E-state index contributed by atoms with van der Waals surface area (Å²) in [6.45, 7) is 1.25. The fourth-order valence-corrected chi connectivity index (χ4v) is 2.15. The van der Waals surface area contributed by atoms with E-state index in [0.29, 0.717) is 5.82 Å². The maximum Gasteiger partial charge on any atom is 0.328 e. The Bertz CT molecular complexity index is 530. The quantitative estimate of drug-likeness (QED) is 0.657. The number of aliphatic carboxylic acids is 1. The number of aromatic nitrogens is 2. The lowest BCUT2D eigenvalue weighted by Crippen LogP contribution is -2.60. The molecule has 3 N–H and O–H groups in total. The fourth-order valence-electron chi connectivity index (χ4n) is 1.59. The molecule has 10 heteroatoms. The molecular formula is C9H11N5O4S. The largest absolute Gasteiger partial charge is 0.480 e. The first-order valence-electron chi connectivity index (χ1n) is 5.35. The SMILES string of the molecule is Cc1nsc(NC(=O)N2CC(=O)NCC2C(=O)O)n1. The van der Waals surface area contributed by atoms with Crippen LogP contribution in [0, 0.1) is 6.92 Å². The molecular weight excluding hydrogens is 274 g/mol. The molecule has 1 unspecified atom stereocenters. The molecule has 0 spiro atoms. The number of rotatable bonds is 2. The maximum atomic E-state index is 11.9. The third kappa shape index (κ3) is 2.96. The van der Waals surface area contributed by atoms with Gasteiger partial charge in [-0.2, -0.15) is 4.37 Å². The summed E-state index contributed by atoms with van der Waals surface area (Å²) < 4.78 is 3.89. The number of carbonyl (C=O) groups excluding carboxylic acids is 2. The predicted octanol–water partition coefficient (Wildman–Crippen LogP) is -0.737. The van der Waals surface area contributed by atoms with Crippen molar-refractivity contribution in [3.63, 3.8) is 0 Å². The summed E-state index contributed by atoms with van der Waals surface area (Å²) in [6, 6.07) is -1.77. The Balaban J connectivity index is 2.10. The van der Waals surface area contributed by atoms with Gasteiger partial charge >= 0.3 is 12.0 Å². The van der Waals surface area contributed by atoms with Gasteiger partial charge in [0, 0.05) is 18.1 Å². The van der Waals surface area contributed by atoms with Crippen LogP contribution in [0.2, 0.25) is 0 Å². The van der Waals surface area contributed by atoms with E-state index in [4.69, 9.17) is 5.11 Å². The van der Waals surface area contributed by atoms with Gasteiger partial charge in [-0.3, -0.25) is 15.0 Å². The molecule has 19 heavy (non-hydrogen) atoms. The Hall–Kier alpha value is -2.23. The van der Waals surface area contributed by atoms with Crippen molar-refractivity contribution in [3.8, 4) is 0 Å². The molecule has 2 rings (SSSR count). The Morgan fingerprint density at radius 2 is 2.32 bits per heavy atom. The van der Waals surface area contributed by atoms with Gasteiger partial charge in [0.1, 0.15) is 18.4 Å². The third-order valence-corrected chi connectivity index (χ3v) is 3.19. The first-order valence-corrected chi connectivity index (χ1v) is 6.12. The molecule has 1 aromatic heterocycles. The molecule has 1 saturated heterocycles. The third-order valence-electron chi connectivity index (χ3n) is 2.47. The normalized spacial score (nSPS) is 18.9. The van der Waals surface area contributed by atoms with Gasteiger partial charge in [-0.25, -0.2) is 14.6 Å². The first-order chi connectivity index (χ1) is 8.97. The molecule has 2 heterocycles. The van der Waals surface area contributed by atoms with Gasteiger partial charge in [0.25, 0.3) is 0 Å². The summed E-state index contributed by atoms with van der Waals surface area (Å²) >= 11 is 0.985. The zero-order valence-corrected chi connectivity index (χ0v) is 10.7. The molecule has 1 aliphatic rings. The molecule has 3 amide bonds. The van der Waals surface area contributed by atoms with Gasteiger partial charge in [-0.1, -0.05) is 0 Å². The number of nitrogens with zero attached hydrogens (tertiary/aromatic N) is 3. The number of hydrogen-bond donors (Lipinski definition) is 3. The van der Waals surface area contributed by atoms with Crippen LogP contribution in [0.4, 0.5) is 9.93 Å². The number of carboxylic acids is 1. The van der Waals surface area contributed by atoms with Crippen molar-refractivity contribution in [1.29, 1.82) is 0 Å². The number of carboxylic acid groups (broad SMARTS) is 1. The molecule has 9 nitrogen and oxygen atoms in total. The van der Waals surface area contributed by atoms with Gasteiger partial charge in [0.2, 0.25) is 11.0 Å². The average molecular weight is 285 g/mol. The number of aryl methyl sites for hydroxylation is 1. The molecule has 0 saturated carbocycles. The maximum absolute atomic E-state index is 11.9. The standard InChI is InChI=1S/C9H11N5O4S/c1-4-11-8(19-13-4)12-9(18)14-3-6(15)10-2-5(14)7(16)17/h5H,2-3H2,1H3,(H,10,15)(H,16,17)(H,11,12,13,18). The number of piperazine rings is 1. The van der Waals surface area contributed by atoms with Crippen molar-refractivity contribution in [2.45, 2.75) is 13.0 Å². The molecule has 0 radical (unpaired) electrons. The number of nitrogens with one attached hydrogen (secondary N) is 2. The summed E-state index contributed by atoms with van der Waals surface area (Å²) in [5.41, 5.74) is 0. The van der Waals surface area contributed by atoms with Crippen LogP contribution in [-0.4, -0.2) is 56.4 Å². The highest BCUT2D eigenvalue weighted by Gasteiger charge is 2.35. The van der Waals surface area contributed by atoms with E-state index in [1.54, 1.807) is 6.92 Å². The van der Waals surface area contributed by atoms with Crippen LogP contribution in [-0.2, 0) is 9.59 Å². The lowest BCUT2D eigenvalue weighted by atomic mass is 10.2. The molecule has 1 fully saturated rings. The molecule has 0 aromatic carbocycles. The monoisotopic (exact) mass is 285 g/mol. The van der Waals surface area contributed by atoms with Crippen LogP contribution in [0.15, 0.2) is 0 Å². The van der Waals surface area contributed by atoms with Gasteiger partial charge in [0.15, 0.2) is 0 Å². The number of anilines is 1. The Morgan fingerprint density at radius 1 is 1.58 bits per heavy atom. The molecule has 1 atom stereocenters. The van der Waals surface area contributed by atoms with Gasteiger partial charge in [0.05, 0.1) is 0 Å². The van der Waals surface area contributed by atoms with Crippen molar-refractivity contribution in [2.24, 2.45) is 0 Å². The van der Waals surface area contributed by atoms with Crippen LogP contribution in [0.5, 0.6) is 0 Å². The number of amides is 3. The Kier molecular flexibility index (Phi) is 3.60. The summed E-state index contributed by atoms with van der Waals surface area (Å²) in [6.07, 6.45) is 0. The highest BCUT2D eigenvalue weighted by Crippen LogP contribution is 2.13. The minimum atomic E-state index is -1.18. The van der Waals surface area contributed by atoms with E-state index in [1.807, 2.05) is 0 Å². The highest BCUT2D eigenvalue weighted by molar-refractivity contribution is 7.09. The number of hydrogen-bond acceptors (Lipinski definition) is 6. The Labute approximate surface area is 111 Å². The van der Waals surface area contributed by atoms with Gasteiger partial charge in [-0.05, 0) is 6.92 Å². The van der Waals surface area contributed by atoms with E-state index in [2.05, 4.69) is 20.0 Å². The number of urea groups is 1. The summed E-state index contributed by atoms with van der Waals surface area (Å²) in [5, 5.41) is 14.1. The van der Waals surface area contributed by atoms with Crippen LogP contribution < -0.4 is 10.6 Å². The second kappa shape index (κ2) is 5.18. The van der Waals surface area contributed by atoms with Gasteiger partial charge in [-0.15, -0.1) is 0 Å². The predicted molar refractivity (Wildman–Crippen MR) is 64.8 cm³/mol. The number of carbonyl (C=O) groups is 3. The van der Waals surface area contributed by atoms with E-state index in [1.165, 1.54) is 0 Å². The van der Waals surface area contributed by atoms with E-state index in [-0.39, 0.29) is 18.2 Å². The van der Waals surface area contributed by atoms with Crippen molar-refractivity contribution in [3.05, 3.63) is 5.82 Å². The highest BCUT2D eigenvalue weighted by atomic mass is 32.1. The van der Waals surface area contributed by atoms with Crippen LogP contribution >= 0.6 is 11.5 Å². The van der Waals surface area contributed by atoms with Crippen LogP contribution in [0.3, 0.4) is 0 Å². The van der Waals surface area contributed by atoms with Crippen LogP contribution in [0.25, 0.3) is 0 Å². The molecule has 1 aliphatic heterocycles. The zero-order chi connectivity index (χ0) is 14.0. The Morgan fingerprint density at radius 3 is 2.89 bits per heavy atom. The minimum Gasteiger partial charge on any atom is -0.480 e. The lowest BCUT2D eigenvalue weighted by molar-refractivity contribution is -0.144. The summed E-state index contributed by atoms with van der Waals surface area (Å²) in [7, 11) is 0. The molecule has 102 valence electrons. The van der Waals surface area contributed by atoms with Gasteiger partial charge < -0.3 is 10.4 Å². The topological polar surface area (TPSA) is 125 Å². The first kappa shape index (κ1) is 13.2.